The molecular weight excluding hydrogens is 404 g/mol. The maximum atomic E-state index is 12.8. The Kier molecular flexibility index (Phi) is 6.76. The van der Waals surface area contributed by atoms with Crippen molar-refractivity contribution in [1.82, 2.24) is 9.62 Å². The van der Waals surface area contributed by atoms with Crippen LogP contribution in [-0.4, -0.2) is 34.0 Å². The molecule has 0 spiro atoms. The monoisotopic (exact) mass is 432 g/mol. The van der Waals surface area contributed by atoms with E-state index >= 15 is 0 Å². The molecule has 1 saturated heterocycles. The third-order valence-corrected chi connectivity index (χ3v) is 7.05. The van der Waals surface area contributed by atoms with Crippen LogP contribution in [0.3, 0.4) is 0 Å². The zero-order valence-electron chi connectivity index (χ0n) is 18.0. The first kappa shape index (κ1) is 21.6. The predicted molar refractivity (Wildman–Crippen MR) is 126 cm³/mol. The van der Waals surface area contributed by atoms with Crippen molar-refractivity contribution in [3.63, 3.8) is 0 Å². The third-order valence-electron chi connectivity index (χ3n) is 5.82. The molecule has 0 aliphatic carbocycles. The lowest BCUT2D eigenvalue weighted by molar-refractivity contribution is 0.101. The molecule has 3 aromatic rings. The molecule has 4 rings (SSSR count). The molecule has 1 unspecified atom stereocenters. The van der Waals surface area contributed by atoms with Crippen LogP contribution >= 0.6 is 0 Å². The Labute approximate surface area is 186 Å². The van der Waals surface area contributed by atoms with Crippen molar-refractivity contribution in [3.05, 3.63) is 89.5 Å². The molecule has 2 atom stereocenters. The predicted octanol–water partition coefficient (Wildman–Crippen LogP) is 4.75. The van der Waals surface area contributed by atoms with Crippen LogP contribution in [0.4, 0.5) is 0 Å². The molecule has 3 aromatic carbocycles. The fraction of sp³-hybridized carbons (Fsp3) is 0.269. The second-order valence-corrected chi connectivity index (χ2v) is 9.45. The van der Waals surface area contributed by atoms with Crippen LogP contribution in [0.5, 0.6) is 0 Å². The fourth-order valence-corrected chi connectivity index (χ4v) is 5.13. The summed E-state index contributed by atoms with van der Waals surface area (Å²) in [6, 6.07) is 24.8. The maximum Gasteiger partial charge on any atom is 0.160 e. The molecule has 1 fully saturated rings. The fourth-order valence-electron chi connectivity index (χ4n) is 4.08. The number of nitrogens with zero attached hydrogens (tertiary/aromatic N) is 1. The standard InChI is InChI=1S/C26H28N2O2S/c1-19-8-13-25(16-26(19)20(2)29)31(30)27-24-14-15-28(18-24)17-21-9-11-23(12-10-21)22-6-4-3-5-7-22/h3-13,16,24,27H,14-15,17-18H2,1-2H3/t24-,31?/m1/s1. The lowest BCUT2D eigenvalue weighted by atomic mass is 10.0. The van der Waals surface area contributed by atoms with E-state index in [1.807, 2.05) is 25.1 Å². The zero-order valence-corrected chi connectivity index (χ0v) is 18.8. The van der Waals surface area contributed by atoms with Gasteiger partial charge in [-0.15, -0.1) is 0 Å². The highest BCUT2D eigenvalue weighted by Gasteiger charge is 2.24. The van der Waals surface area contributed by atoms with Crippen LogP contribution < -0.4 is 4.72 Å². The molecular formula is C26H28N2O2S. The molecule has 0 bridgehead atoms. The number of rotatable bonds is 7. The Morgan fingerprint density at radius 1 is 1.03 bits per heavy atom. The Morgan fingerprint density at radius 2 is 1.74 bits per heavy atom. The van der Waals surface area contributed by atoms with Gasteiger partial charge in [-0.05, 0) is 54.7 Å². The Bertz CT molecular complexity index is 1080. The lowest BCUT2D eigenvalue weighted by Crippen LogP contribution is -2.33. The van der Waals surface area contributed by atoms with Gasteiger partial charge in [-0.3, -0.25) is 9.69 Å². The van der Waals surface area contributed by atoms with Gasteiger partial charge >= 0.3 is 0 Å². The SMILES string of the molecule is CC(=O)c1cc(S(=O)N[C@@H]2CCN(Cc3ccc(-c4ccccc4)cc3)C2)ccc1C. The summed E-state index contributed by atoms with van der Waals surface area (Å²) >= 11 is 0. The highest BCUT2D eigenvalue weighted by Crippen LogP contribution is 2.21. The van der Waals surface area contributed by atoms with E-state index in [-0.39, 0.29) is 11.8 Å². The number of likely N-dealkylation sites (tertiary alicyclic amines) is 1. The van der Waals surface area contributed by atoms with Gasteiger partial charge < -0.3 is 0 Å². The summed E-state index contributed by atoms with van der Waals surface area (Å²) in [6.07, 6.45) is 0.958. The summed E-state index contributed by atoms with van der Waals surface area (Å²) in [6.45, 7) is 6.17. The van der Waals surface area contributed by atoms with Crippen molar-refractivity contribution >= 4 is 16.8 Å². The van der Waals surface area contributed by atoms with Crippen molar-refractivity contribution in [2.75, 3.05) is 13.1 Å². The van der Waals surface area contributed by atoms with E-state index in [0.29, 0.717) is 10.5 Å². The molecule has 1 heterocycles. The molecule has 0 saturated carbocycles. The number of aryl methyl sites for hydroxylation is 1. The van der Waals surface area contributed by atoms with Gasteiger partial charge in [0.05, 0.1) is 4.90 Å². The maximum absolute atomic E-state index is 12.8. The molecule has 31 heavy (non-hydrogen) atoms. The van der Waals surface area contributed by atoms with E-state index in [4.69, 9.17) is 0 Å². The lowest BCUT2D eigenvalue weighted by Gasteiger charge is -2.17. The highest BCUT2D eigenvalue weighted by atomic mass is 32.2. The topological polar surface area (TPSA) is 49.4 Å². The molecule has 5 heteroatoms. The quantitative estimate of drug-likeness (QED) is 0.548. The summed E-state index contributed by atoms with van der Waals surface area (Å²) in [5, 5.41) is 0. The molecule has 1 aliphatic heterocycles. The number of carbonyl (C=O) groups is 1. The molecule has 160 valence electrons. The first-order chi connectivity index (χ1) is 15.0. The van der Waals surface area contributed by atoms with Crippen molar-refractivity contribution < 1.29 is 9.00 Å². The van der Waals surface area contributed by atoms with Gasteiger partial charge in [0.15, 0.2) is 5.78 Å². The van der Waals surface area contributed by atoms with Gasteiger partial charge in [-0.2, -0.15) is 0 Å². The molecule has 4 nitrogen and oxygen atoms in total. The third kappa shape index (κ3) is 5.37. The first-order valence-corrected chi connectivity index (χ1v) is 11.8. The summed E-state index contributed by atoms with van der Waals surface area (Å²) in [5.74, 6) is 0.00155. The van der Waals surface area contributed by atoms with Gasteiger partial charge in [0, 0.05) is 31.2 Å². The average Bonchev–Trinajstić information content (AvgIpc) is 3.21. The van der Waals surface area contributed by atoms with Crippen LogP contribution in [0.1, 0.15) is 34.8 Å². The molecule has 0 radical (unpaired) electrons. The molecule has 0 aromatic heterocycles. The number of nitrogens with one attached hydrogen (secondary N) is 1. The zero-order chi connectivity index (χ0) is 21.8. The smallest absolute Gasteiger partial charge is 0.160 e. The molecule has 0 amide bonds. The van der Waals surface area contributed by atoms with Gasteiger partial charge in [0.2, 0.25) is 0 Å². The Hall–Kier alpha value is -2.60. The second-order valence-electron chi connectivity index (χ2n) is 8.20. The van der Waals surface area contributed by atoms with Gasteiger partial charge in [0.25, 0.3) is 0 Å². The van der Waals surface area contributed by atoms with Crippen molar-refractivity contribution in [3.8, 4) is 11.1 Å². The van der Waals surface area contributed by atoms with Gasteiger partial charge in [-0.1, -0.05) is 60.7 Å². The minimum absolute atomic E-state index is 0.00155. The van der Waals surface area contributed by atoms with E-state index in [1.54, 1.807) is 13.0 Å². The highest BCUT2D eigenvalue weighted by molar-refractivity contribution is 7.83. The summed E-state index contributed by atoms with van der Waals surface area (Å²) in [5.41, 5.74) is 5.29. The van der Waals surface area contributed by atoms with E-state index in [2.05, 4.69) is 58.2 Å². The van der Waals surface area contributed by atoms with Crippen molar-refractivity contribution in [2.24, 2.45) is 0 Å². The average molecular weight is 433 g/mol. The normalized spacial score (nSPS) is 17.5. The van der Waals surface area contributed by atoms with Gasteiger partial charge in [0.1, 0.15) is 11.0 Å². The number of hydrogen-bond acceptors (Lipinski definition) is 3. The van der Waals surface area contributed by atoms with Crippen LogP contribution in [0.15, 0.2) is 77.7 Å². The van der Waals surface area contributed by atoms with Crippen LogP contribution in [0.25, 0.3) is 11.1 Å². The number of carbonyl (C=O) groups excluding carboxylic acids is 1. The van der Waals surface area contributed by atoms with E-state index in [9.17, 15) is 9.00 Å². The largest absolute Gasteiger partial charge is 0.297 e. The number of hydrogen-bond donors (Lipinski definition) is 1. The van der Waals surface area contributed by atoms with Crippen LogP contribution in [0, 0.1) is 6.92 Å². The number of Topliss-reactive ketones (excluding diaryl/α,β-unsaturated/α-hetero) is 1. The first-order valence-electron chi connectivity index (χ1n) is 10.7. The minimum Gasteiger partial charge on any atom is -0.297 e. The number of benzene rings is 3. The Morgan fingerprint density at radius 3 is 2.45 bits per heavy atom. The minimum atomic E-state index is -1.32. The van der Waals surface area contributed by atoms with Crippen LogP contribution in [0.2, 0.25) is 0 Å². The van der Waals surface area contributed by atoms with Gasteiger partial charge in [-0.25, -0.2) is 8.93 Å². The Balaban J connectivity index is 1.33. The van der Waals surface area contributed by atoms with E-state index < -0.39 is 11.0 Å². The summed E-state index contributed by atoms with van der Waals surface area (Å²) in [7, 11) is -1.32. The second kappa shape index (κ2) is 9.69. The summed E-state index contributed by atoms with van der Waals surface area (Å²) in [4.78, 5) is 14.8. The molecule has 1 aliphatic rings. The summed E-state index contributed by atoms with van der Waals surface area (Å²) < 4.78 is 16.0. The van der Waals surface area contributed by atoms with E-state index in [0.717, 1.165) is 31.6 Å². The van der Waals surface area contributed by atoms with Crippen molar-refractivity contribution in [1.29, 1.82) is 0 Å². The van der Waals surface area contributed by atoms with E-state index in [1.165, 1.54) is 16.7 Å². The van der Waals surface area contributed by atoms with Crippen molar-refractivity contribution in [2.45, 2.75) is 37.8 Å². The number of ketones is 1. The molecule has 1 N–H and O–H groups in total. The van der Waals surface area contributed by atoms with Crippen LogP contribution in [-0.2, 0) is 17.5 Å².